The Morgan fingerprint density at radius 1 is 1.08 bits per heavy atom. The van der Waals surface area contributed by atoms with Gasteiger partial charge in [0.1, 0.15) is 12.4 Å². The van der Waals surface area contributed by atoms with Crippen LogP contribution in [0.15, 0.2) is 68.6 Å². The normalized spacial score (nSPS) is 11.2. The summed E-state index contributed by atoms with van der Waals surface area (Å²) in [5, 5.41) is 10.8. The van der Waals surface area contributed by atoms with Gasteiger partial charge in [-0.3, -0.25) is 5.32 Å². The Morgan fingerprint density at radius 2 is 1.62 bits per heavy atom. The largest absolute Gasteiger partial charge is 1.00 e. The molecule has 7 nitrogen and oxygen atoms in total. The molecule has 0 saturated carbocycles. The molecule has 10 heteroatoms. The summed E-state index contributed by atoms with van der Waals surface area (Å²) in [4.78, 5) is 1.87. The van der Waals surface area contributed by atoms with Crippen molar-refractivity contribution in [2.75, 3.05) is 13.7 Å². The van der Waals surface area contributed by atoms with Crippen LogP contribution in [-0.4, -0.2) is 26.7 Å². The predicted octanol–water partition coefficient (Wildman–Crippen LogP) is -0.0586. The minimum atomic E-state index is -4.74. The Labute approximate surface area is 167 Å². The van der Waals surface area contributed by atoms with Crippen molar-refractivity contribution in [1.82, 2.24) is 5.32 Å². The number of benzene rings is 2. The molecule has 0 spiro atoms. The fourth-order valence-corrected chi connectivity index (χ4v) is 2.75. The number of hydrogen-bond acceptors (Lipinski definition) is 8. The van der Waals surface area contributed by atoms with Crippen LogP contribution in [-0.2, 0) is 10.4 Å². The van der Waals surface area contributed by atoms with E-state index in [4.69, 9.17) is 0 Å². The third kappa shape index (κ3) is 7.75. The summed E-state index contributed by atoms with van der Waals surface area (Å²) in [7, 11) is -2.95. The van der Waals surface area contributed by atoms with Gasteiger partial charge in [0.15, 0.2) is 0 Å². The van der Waals surface area contributed by atoms with Crippen molar-refractivity contribution in [2.45, 2.75) is 9.79 Å². The van der Waals surface area contributed by atoms with E-state index in [9.17, 15) is 13.0 Å². The van der Waals surface area contributed by atoms with Gasteiger partial charge in [-0.05, 0) is 55.6 Å². The van der Waals surface area contributed by atoms with E-state index < -0.39 is 10.4 Å². The summed E-state index contributed by atoms with van der Waals surface area (Å²) in [5.74, 6) is -0.00959. The number of nitrogens with one attached hydrogen (secondary N) is 1. The maximum absolute atomic E-state index is 10.5. The van der Waals surface area contributed by atoms with E-state index in [2.05, 4.69) is 19.7 Å². The molecule has 0 heterocycles. The van der Waals surface area contributed by atoms with Gasteiger partial charge in [0.2, 0.25) is 0 Å². The van der Waals surface area contributed by atoms with Gasteiger partial charge in [-0.2, -0.15) is 10.2 Å². The molecule has 0 fully saturated rings. The molecule has 0 bridgehead atoms. The van der Waals surface area contributed by atoms with E-state index in [0.29, 0.717) is 6.67 Å². The third-order valence-corrected chi connectivity index (χ3v) is 3.92. The number of nitrogens with zero attached hydrogens (tertiary/aromatic N) is 2. The summed E-state index contributed by atoms with van der Waals surface area (Å²) in [6.07, 6.45) is 0. The van der Waals surface area contributed by atoms with Gasteiger partial charge in [0.25, 0.3) is 10.4 Å². The first-order chi connectivity index (χ1) is 11.0. The zero-order valence-corrected chi connectivity index (χ0v) is 16.8. The van der Waals surface area contributed by atoms with E-state index in [1.807, 2.05) is 24.3 Å². The van der Waals surface area contributed by atoms with E-state index in [1.165, 1.54) is 23.9 Å². The topological polar surface area (TPSA) is 103 Å². The average Bonchev–Trinajstić information content (AvgIpc) is 2.50. The summed E-state index contributed by atoms with van der Waals surface area (Å²) in [5.41, 5.74) is 0.758. The Balaban J connectivity index is 0.00000288. The van der Waals surface area contributed by atoms with E-state index >= 15 is 0 Å². The summed E-state index contributed by atoms with van der Waals surface area (Å²) in [6.45, 7) is 0.462. The molecule has 2 rings (SSSR count). The fraction of sp³-hybridized carbons (Fsp3) is 0.143. The molecule has 0 aliphatic carbocycles. The van der Waals surface area contributed by atoms with Gasteiger partial charge in [-0.25, -0.2) is 8.42 Å². The van der Waals surface area contributed by atoms with Crippen LogP contribution in [0.2, 0.25) is 0 Å². The minimum absolute atomic E-state index is 0. The van der Waals surface area contributed by atoms with Crippen molar-refractivity contribution in [2.24, 2.45) is 10.2 Å². The van der Waals surface area contributed by atoms with Crippen molar-refractivity contribution in [3.05, 3.63) is 48.5 Å². The first-order valence-electron chi connectivity index (χ1n) is 6.52. The molecule has 0 radical (unpaired) electrons. The molecular weight excluding hydrogens is 361 g/mol. The molecule has 2 aromatic rings. The molecule has 0 atom stereocenters. The zero-order chi connectivity index (χ0) is 16.7. The number of hydrogen-bond donors (Lipinski definition) is 1. The predicted molar refractivity (Wildman–Crippen MR) is 85.8 cm³/mol. The molecular formula is C14H14N3NaO4S2. The Kier molecular flexibility index (Phi) is 8.92. The van der Waals surface area contributed by atoms with Gasteiger partial charge in [-0.1, -0.05) is 11.8 Å². The van der Waals surface area contributed by atoms with Crippen LogP contribution >= 0.6 is 11.8 Å². The molecule has 0 unspecified atom stereocenters. The van der Waals surface area contributed by atoms with Crippen LogP contribution in [0.1, 0.15) is 0 Å². The van der Waals surface area contributed by atoms with Crippen molar-refractivity contribution in [3.8, 4) is 5.75 Å². The molecule has 0 saturated heterocycles. The molecule has 122 valence electrons. The molecule has 0 aliphatic rings. The van der Waals surface area contributed by atoms with E-state index in [0.717, 1.165) is 15.5 Å². The van der Waals surface area contributed by atoms with Gasteiger partial charge in [-0.15, -0.1) is 0 Å². The number of rotatable bonds is 7. The molecule has 1 N–H and O–H groups in total. The minimum Gasteiger partial charge on any atom is -0.716 e. The third-order valence-electron chi connectivity index (χ3n) is 2.51. The van der Waals surface area contributed by atoms with Gasteiger partial charge < -0.3 is 8.74 Å². The molecule has 0 amide bonds. The van der Waals surface area contributed by atoms with Crippen LogP contribution in [0.25, 0.3) is 0 Å². The first kappa shape index (κ1) is 21.1. The van der Waals surface area contributed by atoms with Gasteiger partial charge >= 0.3 is 29.6 Å². The molecule has 2 aromatic carbocycles. The molecule has 0 aliphatic heterocycles. The standard InChI is InChI=1S/C14H15N3O4S2.Na/c1-15-10-16-17-11-2-6-13(7-3-11)22-14-8-4-12(5-9-14)21-23(18,19)20;/h2-9,15H,10H2,1H3,(H,18,19,20);/q;+1/p-1. The van der Waals surface area contributed by atoms with E-state index in [-0.39, 0.29) is 35.3 Å². The second-order valence-corrected chi connectivity index (χ2v) is 6.44. The quantitative estimate of drug-likeness (QED) is 0.315. The van der Waals surface area contributed by atoms with Crippen LogP contribution < -0.4 is 39.1 Å². The van der Waals surface area contributed by atoms with Gasteiger partial charge in [0, 0.05) is 9.79 Å². The maximum atomic E-state index is 10.5. The Hall–Kier alpha value is -0.940. The van der Waals surface area contributed by atoms with Crippen LogP contribution in [0.5, 0.6) is 5.75 Å². The average molecular weight is 375 g/mol. The SMILES string of the molecule is CNCN=Nc1ccc(Sc2ccc(OS(=O)(=O)[O-])cc2)cc1.[Na+]. The number of azo groups is 1. The smallest absolute Gasteiger partial charge is 0.716 e. The van der Waals surface area contributed by atoms with E-state index in [1.54, 1.807) is 19.2 Å². The maximum Gasteiger partial charge on any atom is 1.00 e. The first-order valence-corrected chi connectivity index (χ1v) is 8.66. The van der Waals surface area contributed by atoms with Crippen LogP contribution in [0, 0.1) is 0 Å². The molecule has 0 aromatic heterocycles. The van der Waals surface area contributed by atoms with Crippen molar-refractivity contribution < 1.29 is 46.7 Å². The summed E-state index contributed by atoms with van der Waals surface area (Å²) < 4.78 is 35.7. The summed E-state index contributed by atoms with van der Waals surface area (Å²) in [6, 6.07) is 13.7. The monoisotopic (exact) mass is 375 g/mol. The van der Waals surface area contributed by atoms with Crippen LogP contribution in [0.4, 0.5) is 5.69 Å². The second-order valence-electron chi connectivity index (χ2n) is 4.31. The van der Waals surface area contributed by atoms with Gasteiger partial charge in [0.05, 0.1) is 5.69 Å². The van der Waals surface area contributed by atoms with Crippen molar-refractivity contribution in [3.63, 3.8) is 0 Å². The Morgan fingerprint density at radius 3 is 2.12 bits per heavy atom. The van der Waals surface area contributed by atoms with Crippen molar-refractivity contribution in [1.29, 1.82) is 0 Å². The summed E-state index contributed by atoms with van der Waals surface area (Å²) >= 11 is 1.48. The van der Waals surface area contributed by atoms with Crippen LogP contribution in [0.3, 0.4) is 0 Å². The second kappa shape index (κ2) is 10.1. The Bertz CT molecular complexity index is 766. The van der Waals surface area contributed by atoms with Crippen molar-refractivity contribution >= 4 is 27.8 Å². The zero-order valence-electron chi connectivity index (χ0n) is 13.2. The fourth-order valence-electron chi connectivity index (χ4n) is 1.59. The molecule has 24 heavy (non-hydrogen) atoms.